The van der Waals surface area contributed by atoms with Crippen LogP contribution in [0.5, 0.6) is 5.75 Å². The molecule has 5 heterocycles. The third kappa shape index (κ3) is 2.80. The van der Waals surface area contributed by atoms with E-state index in [2.05, 4.69) is 40.4 Å². The summed E-state index contributed by atoms with van der Waals surface area (Å²) in [5.41, 5.74) is 4.24. The Morgan fingerprint density at radius 3 is 2.88 bits per heavy atom. The van der Waals surface area contributed by atoms with E-state index in [1.54, 1.807) is 0 Å². The van der Waals surface area contributed by atoms with Gasteiger partial charge in [0.05, 0.1) is 6.20 Å². The van der Waals surface area contributed by atoms with Gasteiger partial charge < -0.3 is 15.0 Å². The van der Waals surface area contributed by atoms with Crippen molar-refractivity contribution in [3.63, 3.8) is 0 Å². The maximum atomic E-state index is 6.31. The molecule has 1 saturated heterocycles. The number of ether oxygens (including phenoxy) is 1. The molecular formula is C20H23N5O. The second kappa shape index (κ2) is 6.29. The van der Waals surface area contributed by atoms with Crippen LogP contribution in [0.4, 0.5) is 5.82 Å². The zero-order valence-electron chi connectivity index (χ0n) is 15.0. The molecule has 3 aliphatic rings. The minimum atomic E-state index is 0.297. The van der Waals surface area contributed by atoms with Crippen molar-refractivity contribution < 1.29 is 4.74 Å². The fraction of sp³-hybridized carbons (Fsp3) is 0.400. The van der Waals surface area contributed by atoms with Crippen molar-refractivity contribution in [1.82, 2.24) is 19.5 Å². The highest BCUT2D eigenvalue weighted by Gasteiger charge is 2.21. The lowest BCUT2D eigenvalue weighted by atomic mass is 10.0. The van der Waals surface area contributed by atoms with Crippen molar-refractivity contribution in [2.24, 2.45) is 0 Å². The van der Waals surface area contributed by atoms with E-state index in [0.717, 1.165) is 67.4 Å². The van der Waals surface area contributed by atoms with Gasteiger partial charge in [-0.3, -0.25) is 0 Å². The van der Waals surface area contributed by atoms with Crippen molar-refractivity contribution in [2.45, 2.75) is 25.9 Å². The summed E-state index contributed by atoms with van der Waals surface area (Å²) in [5, 5.41) is 7.94. The monoisotopic (exact) mass is 349 g/mol. The molecule has 6 heteroatoms. The second-order valence-corrected chi connectivity index (χ2v) is 7.20. The predicted octanol–water partition coefficient (Wildman–Crippen LogP) is 2.97. The SMILES string of the molecule is Cc1ccc2cc1-c1cnn3ccc(nc13)NCCN1CCC(CC1)O2. The highest BCUT2D eigenvalue weighted by Crippen LogP contribution is 2.31. The molecule has 134 valence electrons. The molecule has 0 atom stereocenters. The molecule has 3 aromatic rings. The topological polar surface area (TPSA) is 54.7 Å². The molecule has 0 unspecified atom stereocenters. The van der Waals surface area contributed by atoms with Crippen LogP contribution in [-0.4, -0.2) is 51.8 Å². The zero-order chi connectivity index (χ0) is 17.5. The van der Waals surface area contributed by atoms with Crippen LogP contribution >= 0.6 is 0 Å². The molecule has 2 aromatic heterocycles. The molecule has 1 aromatic carbocycles. The van der Waals surface area contributed by atoms with Crippen LogP contribution in [0, 0.1) is 6.92 Å². The van der Waals surface area contributed by atoms with Gasteiger partial charge in [-0.2, -0.15) is 5.10 Å². The maximum absolute atomic E-state index is 6.31. The first kappa shape index (κ1) is 15.6. The van der Waals surface area contributed by atoms with E-state index in [9.17, 15) is 0 Å². The van der Waals surface area contributed by atoms with Crippen LogP contribution in [0.2, 0.25) is 0 Å². The van der Waals surface area contributed by atoms with Crippen LogP contribution < -0.4 is 10.1 Å². The average Bonchev–Trinajstić information content (AvgIpc) is 3.07. The number of anilines is 1. The molecule has 3 aliphatic heterocycles. The largest absolute Gasteiger partial charge is 0.490 e. The minimum absolute atomic E-state index is 0.297. The standard InChI is InChI=1S/C20H23N5O/c1-14-2-3-16-12-17(14)18-13-22-25-10-6-19(23-20(18)25)21-7-11-24-8-4-15(26-16)5-9-24/h2-3,6,10,12-13,15H,4-5,7-9,11H2,1H3,(H,21,23). The first-order valence-electron chi connectivity index (χ1n) is 9.34. The Morgan fingerprint density at radius 2 is 2.00 bits per heavy atom. The normalized spacial score (nSPS) is 22.5. The predicted molar refractivity (Wildman–Crippen MR) is 102 cm³/mol. The highest BCUT2D eigenvalue weighted by molar-refractivity contribution is 5.80. The van der Waals surface area contributed by atoms with Gasteiger partial charge in [-0.1, -0.05) is 6.07 Å². The quantitative estimate of drug-likeness (QED) is 0.676. The third-order valence-corrected chi connectivity index (χ3v) is 5.44. The zero-order valence-corrected chi connectivity index (χ0v) is 15.0. The summed E-state index contributed by atoms with van der Waals surface area (Å²) in [5.74, 6) is 1.83. The Balaban J connectivity index is 1.63. The summed E-state index contributed by atoms with van der Waals surface area (Å²) in [6.45, 7) is 6.21. The smallest absolute Gasteiger partial charge is 0.165 e. The van der Waals surface area contributed by atoms with Crippen molar-refractivity contribution in [3.05, 3.63) is 42.2 Å². The van der Waals surface area contributed by atoms with Gasteiger partial charge in [0.1, 0.15) is 17.7 Å². The lowest BCUT2D eigenvalue weighted by molar-refractivity contribution is 0.103. The fourth-order valence-electron chi connectivity index (χ4n) is 3.91. The molecule has 0 aliphatic carbocycles. The maximum Gasteiger partial charge on any atom is 0.165 e. The molecular weight excluding hydrogens is 326 g/mol. The Bertz CT molecular complexity index is 943. The number of nitrogens with one attached hydrogen (secondary N) is 1. The number of fused-ring (bicyclic) bond motifs is 4. The lowest BCUT2D eigenvalue weighted by Crippen LogP contribution is -2.40. The van der Waals surface area contributed by atoms with E-state index in [4.69, 9.17) is 9.72 Å². The van der Waals surface area contributed by atoms with E-state index in [-0.39, 0.29) is 0 Å². The molecule has 6 rings (SSSR count). The fourth-order valence-corrected chi connectivity index (χ4v) is 3.91. The number of hydrogen-bond acceptors (Lipinski definition) is 5. The minimum Gasteiger partial charge on any atom is -0.490 e. The van der Waals surface area contributed by atoms with Gasteiger partial charge in [-0.15, -0.1) is 0 Å². The average molecular weight is 349 g/mol. The van der Waals surface area contributed by atoms with Crippen molar-refractivity contribution in [3.8, 4) is 16.9 Å². The van der Waals surface area contributed by atoms with E-state index >= 15 is 0 Å². The number of rotatable bonds is 0. The van der Waals surface area contributed by atoms with Crippen LogP contribution in [-0.2, 0) is 0 Å². The first-order chi connectivity index (χ1) is 12.8. The molecule has 0 spiro atoms. The van der Waals surface area contributed by atoms with Gasteiger partial charge in [0.15, 0.2) is 5.65 Å². The van der Waals surface area contributed by atoms with Gasteiger partial charge in [0.2, 0.25) is 0 Å². The molecule has 6 bridgehead atoms. The van der Waals surface area contributed by atoms with E-state index in [1.165, 1.54) is 5.56 Å². The Hall–Kier alpha value is -2.60. The van der Waals surface area contributed by atoms with Gasteiger partial charge in [0.25, 0.3) is 0 Å². The molecule has 1 fully saturated rings. The van der Waals surface area contributed by atoms with Crippen molar-refractivity contribution >= 4 is 11.5 Å². The molecule has 0 amide bonds. The van der Waals surface area contributed by atoms with Crippen molar-refractivity contribution in [2.75, 3.05) is 31.5 Å². The highest BCUT2D eigenvalue weighted by atomic mass is 16.5. The molecule has 1 N–H and O–H groups in total. The van der Waals surface area contributed by atoms with E-state index in [1.807, 2.05) is 23.0 Å². The molecule has 6 nitrogen and oxygen atoms in total. The van der Waals surface area contributed by atoms with Gasteiger partial charge in [-0.05, 0) is 49.1 Å². The van der Waals surface area contributed by atoms with Gasteiger partial charge >= 0.3 is 0 Å². The number of aromatic nitrogens is 3. The van der Waals surface area contributed by atoms with Crippen LogP contribution in [0.3, 0.4) is 0 Å². The Labute approximate surface area is 152 Å². The van der Waals surface area contributed by atoms with Crippen LogP contribution in [0.1, 0.15) is 18.4 Å². The summed E-state index contributed by atoms with van der Waals surface area (Å²) in [6, 6.07) is 8.33. The Kier molecular flexibility index (Phi) is 3.78. The van der Waals surface area contributed by atoms with Gasteiger partial charge in [-0.25, -0.2) is 9.50 Å². The number of benzene rings is 1. The third-order valence-electron chi connectivity index (χ3n) is 5.44. The lowest BCUT2D eigenvalue weighted by Gasteiger charge is -2.32. The second-order valence-electron chi connectivity index (χ2n) is 7.20. The van der Waals surface area contributed by atoms with E-state index in [0.29, 0.717) is 6.10 Å². The summed E-state index contributed by atoms with van der Waals surface area (Å²) >= 11 is 0. The summed E-state index contributed by atoms with van der Waals surface area (Å²) in [4.78, 5) is 7.31. The van der Waals surface area contributed by atoms with Crippen LogP contribution in [0.25, 0.3) is 16.8 Å². The number of piperidine rings is 1. The van der Waals surface area contributed by atoms with Crippen molar-refractivity contribution in [1.29, 1.82) is 0 Å². The van der Waals surface area contributed by atoms with Crippen LogP contribution in [0.15, 0.2) is 36.7 Å². The number of hydrogen-bond donors (Lipinski definition) is 1. The van der Waals surface area contributed by atoms with E-state index < -0.39 is 0 Å². The molecule has 0 radical (unpaired) electrons. The molecule has 26 heavy (non-hydrogen) atoms. The Morgan fingerprint density at radius 1 is 1.12 bits per heavy atom. The summed E-state index contributed by atoms with van der Waals surface area (Å²) in [7, 11) is 0. The first-order valence-corrected chi connectivity index (χ1v) is 9.34. The molecule has 0 saturated carbocycles. The number of nitrogens with zero attached hydrogens (tertiary/aromatic N) is 4. The number of aryl methyl sites for hydroxylation is 1. The summed E-state index contributed by atoms with van der Waals surface area (Å²) < 4.78 is 8.14. The summed E-state index contributed by atoms with van der Waals surface area (Å²) in [6.07, 6.45) is 6.31. The van der Waals surface area contributed by atoms with Gasteiger partial charge in [0, 0.05) is 37.9 Å².